The van der Waals surface area contributed by atoms with Crippen molar-refractivity contribution in [3.8, 4) is 5.69 Å². The molecule has 0 N–H and O–H groups in total. The maximum atomic E-state index is 11.5. The molecule has 2 aromatic rings. The van der Waals surface area contributed by atoms with Crippen molar-refractivity contribution in [2.75, 3.05) is 6.61 Å². The Kier molecular flexibility index (Phi) is 3.49. The molecule has 0 saturated heterocycles. The van der Waals surface area contributed by atoms with Crippen molar-refractivity contribution in [3.05, 3.63) is 53.3 Å². The largest absolute Gasteiger partial charge is 0.462 e. The highest BCUT2D eigenvalue weighted by Gasteiger charge is 2.09. The van der Waals surface area contributed by atoms with Gasteiger partial charge in [-0.15, -0.1) is 0 Å². The number of hydrogen-bond acceptors (Lipinski definition) is 2. The molecule has 0 atom stereocenters. The van der Waals surface area contributed by atoms with Crippen molar-refractivity contribution in [1.29, 1.82) is 0 Å². The number of rotatable bonds is 3. The van der Waals surface area contributed by atoms with Gasteiger partial charge < -0.3 is 9.30 Å². The first kappa shape index (κ1) is 11.7. The van der Waals surface area contributed by atoms with Gasteiger partial charge in [0.2, 0.25) is 0 Å². The molecule has 1 heterocycles. The number of ether oxygens (including phenoxy) is 1. The zero-order chi connectivity index (χ0) is 12.3. The van der Waals surface area contributed by atoms with Crippen LogP contribution in [0.1, 0.15) is 17.3 Å². The Bertz CT molecular complexity index is 520. The highest BCUT2D eigenvalue weighted by molar-refractivity contribution is 6.32. The Labute approximate surface area is 105 Å². The molecule has 0 aliphatic rings. The van der Waals surface area contributed by atoms with Gasteiger partial charge in [0, 0.05) is 12.4 Å². The van der Waals surface area contributed by atoms with Crippen LogP contribution in [0.3, 0.4) is 0 Å². The molecule has 17 heavy (non-hydrogen) atoms. The first-order valence-electron chi connectivity index (χ1n) is 5.32. The van der Waals surface area contributed by atoms with E-state index in [0.29, 0.717) is 17.2 Å². The van der Waals surface area contributed by atoms with Crippen LogP contribution < -0.4 is 0 Å². The molecule has 88 valence electrons. The highest BCUT2D eigenvalue weighted by atomic mass is 35.5. The van der Waals surface area contributed by atoms with Gasteiger partial charge in [-0.2, -0.15) is 0 Å². The van der Waals surface area contributed by atoms with Gasteiger partial charge in [0.25, 0.3) is 0 Å². The first-order chi connectivity index (χ1) is 8.22. The fourth-order valence-electron chi connectivity index (χ4n) is 1.55. The van der Waals surface area contributed by atoms with Crippen LogP contribution in [0.25, 0.3) is 5.69 Å². The lowest BCUT2D eigenvalue weighted by Gasteiger charge is -2.07. The van der Waals surface area contributed by atoms with E-state index in [2.05, 4.69) is 0 Å². The highest BCUT2D eigenvalue weighted by Crippen LogP contribution is 2.22. The molecular weight excluding hydrogens is 238 g/mol. The third-order valence-corrected chi connectivity index (χ3v) is 2.64. The van der Waals surface area contributed by atoms with E-state index in [4.69, 9.17) is 16.3 Å². The van der Waals surface area contributed by atoms with E-state index in [9.17, 15) is 4.79 Å². The molecule has 0 amide bonds. The number of carbonyl (C=O) groups is 1. The number of halogens is 1. The van der Waals surface area contributed by atoms with Crippen molar-refractivity contribution in [2.45, 2.75) is 6.92 Å². The maximum absolute atomic E-state index is 11.5. The van der Waals surface area contributed by atoms with Crippen LogP contribution in [0.2, 0.25) is 5.02 Å². The molecule has 0 aliphatic heterocycles. The van der Waals surface area contributed by atoms with Gasteiger partial charge in [0.15, 0.2) is 0 Å². The molecule has 0 radical (unpaired) electrons. The molecular formula is C13H12ClNO2. The molecule has 0 aliphatic carbocycles. The minimum atomic E-state index is -0.353. The topological polar surface area (TPSA) is 31.2 Å². The molecule has 0 saturated carbocycles. The van der Waals surface area contributed by atoms with Gasteiger partial charge in [0.05, 0.1) is 22.9 Å². The molecule has 0 bridgehead atoms. The van der Waals surface area contributed by atoms with Gasteiger partial charge in [-0.05, 0) is 37.3 Å². The van der Waals surface area contributed by atoms with Crippen molar-refractivity contribution >= 4 is 17.6 Å². The monoisotopic (exact) mass is 249 g/mol. The van der Waals surface area contributed by atoms with E-state index in [0.717, 1.165) is 5.69 Å². The zero-order valence-electron chi connectivity index (χ0n) is 9.39. The summed E-state index contributed by atoms with van der Waals surface area (Å²) in [7, 11) is 0. The Balaban J connectivity index is 2.32. The van der Waals surface area contributed by atoms with E-state index in [1.807, 2.05) is 29.1 Å². The molecule has 1 aromatic carbocycles. The van der Waals surface area contributed by atoms with Crippen LogP contribution in [0.5, 0.6) is 0 Å². The summed E-state index contributed by atoms with van der Waals surface area (Å²) >= 11 is 6.14. The van der Waals surface area contributed by atoms with Gasteiger partial charge in [-0.3, -0.25) is 0 Å². The maximum Gasteiger partial charge on any atom is 0.338 e. The van der Waals surface area contributed by atoms with Crippen LogP contribution in [-0.2, 0) is 4.74 Å². The number of aromatic nitrogens is 1. The minimum absolute atomic E-state index is 0.353. The number of carbonyl (C=O) groups excluding carboxylic acids is 1. The summed E-state index contributed by atoms with van der Waals surface area (Å²) in [6, 6.07) is 8.95. The standard InChI is InChI=1S/C13H12ClNO2/c1-2-17-13(16)10-5-6-12(11(14)9-10)15-7-3-4-8-15/h3-9H,2H2,1H3. The fourth-order valence-corrected chi connectivity index (χ4v) is 1.83. The van der Waals surface area contributed by atoms with Gasteiger partial charge in [0.1, 0.15) is 0 Å². The molecule has 4 heteroatoms. The van der Waals surface area contributed by atoms with Gasteiger partial charge in [-0.1, -0.05) is 11.6 Å². The Morgan fingerprint density at radius 2 is 2.06 bits per heavy atom. The lowest BCUT2D eigenvalue weighted by atomic mass is 10.2. The minimum Gasteiger partial charge on any atom is -0.462 e. The number of benzene rings is 1. The summed E-state index contributed by atoms with van der Waals surface area (Å²) in [5.74, 6) is -0.353. The second-order valence-electron chi connectivity index (χ2n) is 3.48. The average molecular weight is 250 g/mol. The van der Waals surface area contributed by atoms with Gasteiger partial charge >= 0.3 is 5.97 Å². The average Bonchev–Trinajstić information content (AvgIpc) is 2.82. The summed E-state index contributed by atoms with van der Waals surface area (Å²) < 4.78 is 6.80. The van der Waals surface area contributed by atoms with Crippen LogP contribution in [0.4, 0.5) is 0 Å². The van der Waals surface area contributed by atoms with Gasteiger partial charge in [-0.25, -0.2) is 4.79 Å². The van der Waals surface area contributed by atoms with E-state index >= 15 is 0 Å². The molecule has 1 aromatic heterocycles. The van der Waals surface area contributed by atoms with Crippen molar-refractivity contribution in [2.24, 2.45) is 0 Å². The number of hydrogen-bond donors (Lipinski definition) is 0. The lowest BCUT2D eigenvalue weighted by molar-refractivity contribution is 0.0526. The normalized spacial score (nSPS) is 10.2. The molecule has 2 rings (SSSR count). The van der Waals surface area contributed by atoms with Crippen LogP contribution >= 0.6 is 11.6 Å². The SMILES string of the molecule is CCOC(=O)c1ccc(-n2cccc2)c(Cl)c1. The predicted octanol–water partition coefficient (Wildman–Crippen LogP) is 3.31. The fraction of sp³-hybridized carbons (Fsp3) is 0.154. The smallest absolute Gasteiger partial charge is 0.338 e. The molecule has 3 nitrogen and oxygen atoms in total. The molecule has 0 unspecified atom stereocenters. The van der Waals surface area contributed by atoms with Crippen LogP contribution in [0, 0.1) is 0 Å². The number of esters is 1. The predicted molar refractivity (Wildman–Crippen MR) is 66.7 cm³/mol. The third-order valence-electron chi connectivity index (χ3n) is 2.34. The van der Waals surface area contributed by atoms with Crippen LogP contribution in [0.15, 0.2) is 42.7 Å². The summed E-state index contributed by atoms with van der Waals surface area (Å²) in [6.45, 7) is 2.13. The first-order valence-corrected chi connectivity index (χ1v) is 5.70. The Morgan fingerprint density at radius 1 is 1.35 bits per heavy atom. The second kappa shape index (κ2) is 5.06. The number of nitrogens with zero attached hydrogens (tertiary/aromatic N) is 1. The van der Waals surface area contributed by atoms with E-state index in [-0.39, 0.29) is 5.97 Å². The van der Waals surface area contributed by atoms with Crippen LogP contribution in [-0.4, -0.2) is 17.1 Å². The third kappa shape index (κ3) is 2.50. The van der Waals surface area contributed by atoms with E-state index < -0.39 is 0 Å². The van der Waals surface area contributed by atoms with E-state index in [1.165, 1.54) is 0 Å². The van der Waals surface area contributed by atoms with Crippen molar-refractivity contribution in [1.82, 2.24) is 4.57 Å². The van der Waals surface area contributed by atoms with Crippen molar-refractivity contribution < 1.29 is 9.53 Å². The molecule has 0 fully saturated rings. The summed E-state index contributed by atoms with van der Waals surface area (Å²) in [5, 5.41) is 0.520. The summed E-state index contributed by atoms with van der Waals surface area (Å²) in [4.78, 5) is 11.5. The quantitative estimate of drug-likeness (QED) is 0.782. The Hall–Kier alpha value is -1.74. The summed E-state index contributed by atoms with van der Waals surface area (Å²) in [6.07, 6.45) is 3.79. The molecule has 0 spiro atoms. The lowest BCUT2D eigenvalue weighted by Crippen LogP contribution is -2.05. The summed E-state index contributed by atoms with van der Waals surface area (Å²) in [5.41, 5.74) is 1.30. The van der Waals surface area contributed by atoms with E-state index in [1.54, 1.807) is 25.1 Å². The Morgan fingerprint density at radius 3 is 2.65 bits per heavy atom. The zero-order valence-corrected chi connectivity index (χ0v) is 10.1. The second-order valence-corrected chi connectivity index (χ2v) is 3.88. The van der Waals surface area contributed by atoms with Crippen molar-refractivity contribution in [3.63, 3.8) is 0 Å².